The molecule has 0 aliphatic heterocycles. The first kappa shape index (κ1) is 14.0. The van der Waals surface area contributed by atoms with Crippen LogP contribution in [0.4, 0.5) is 13.2 Å². The van der Waals surface area contributed by atoms with E-state index < -0.39 is 27.8 Å². The molecule has 1 aromatic rings. The maximum atomic E-state index is 12.2. The summed E-state index contributed by atoms with van der Waals surface area (Å²) >= 11 is 0. The normalized spacial score (nSPS) is 14.6. The average Bonchev–Trinajstić information content (AvgIpc) is 2.16. The third-order valence-electron chi connectivity index (χ3n) is 2.20. The van der Waals surface area contributed by atoms with E-state index in [4.69, 9.17) is 5.73 Å². The number of sulfone groups is 1. The molecule has 0 aliphatic carbocycles. The standard InChI is InChI=1S/C10H12F3NO2S/c1-7-2-4-8(5-3-7)17(15,16)6-9(14)10(11,12)13/h2-5,9H,6,14H2,1H3/t9-/m1/s1. The Kier molecular flexibility index (Phi) is 3.83. The molecule has 0 spiro atoms. The van der Waals surface area contributed by atoms with Crippen LogP contribution in [-0.2, 0) is 9.84 Å². The predicted octanol–water partition coefficient (Wildman–Crippen LogP) is 1.66. The molecule has 0 bridgehead atoms. The van der Waals surface area contributed by atoms with Crippen LogP contribution in [0.25, 0.3) is 0 Å². The van der Waals surface area contributed by atoms with Crippen LogP contribution < -0.4 is 5.73 Å². The van der Waals surface area contributed by atoms with Gasteiger partial charge in [0.25, 0.3) is 0 Å². The minimum absolute atomic E-state index is 0.150. The molecule has 1 atom stereocenters. The molecule has 2 N–H and O–H groups in total. The first-order valence-corrected chi connectivity index (χ1v) is 6.40. The second-order valence-electron chi connectivity index (χ2n) is 3.74. The molecule has 1 aromatic carbocycles. The molecule has 0 fully saturated rings. The summed E-state index contributed by atoms with van der Waals surface area (Å²) in [5.74, 6) is -1.14. The number of halogens is 3. The van der Waals surface area contributed by atoms with Gasteiger partial charge in [-0.15, -0.1) is 0 Å². The third kappa shape index (κ3) is 3.71. The van der Waals surface area contributed by atoms with Crippen LogP contribution in [0.15, 0.2) is 29.2 Å². The fraction of sp³-hybridized carbons (Fsp3) is 0.400. The molecule has 0 aliphatic rings. The Morgan fingerprint density at radius 3 is 2.12 bits per heavy atom. The van der Waals surface area contributed by atoms with E-state index in [0.717, 1.165) is 5.56 Å². The maximum absolute atomic E-state index is 12.2. The lowest BCUT2D eigenvalue weighted by Gasteiger charge is -2.15. The van der Waals surface area contributed by atoms with Crippen LogP contribution in [0, 0.1) is 6.92 Å². The van der Waals surface area contributed by atoms with Crippen LogP contribution in [0.3, 0.4) is 0 Å². The fourth-order valence-electron chi connectivity index (χ4n) is 1.17. The van der Waals surface area contributed by atoms with Crippen LogP contribution in [0.1, 0.15) is 5.56 Å². The van der Waals surface area contributed by atoms with Gasteiger partial charge >= 0.3 is 6.18 Å². The summed E-state index contributed by atoms with van der Waals surface area (Å²) in [6.07, 6.45) is -4.71. The van der Waals surface area contributed by atoms with Crippen molar-refractivity contribution in [2.24, 2.45) is 5.73 Å². The highest BCUT2D eigenvalue weighted by molar-refractivity contribution is 7.91. The lowest BCUT2D eigenvalue weighted by molar-refractivity contribution is -0.142. The van der Waals surface area contributed by atoms with Crippen molar-refractivity contribution in [2.75, 3.05) is 5.75 Å². The number of hydrogen-bond donors (Lipinski definition) is 1. The van der Waals surface area contributed by atoms with E-state index in [2.05, 4.69) is 0 Å². The first-order chi connectivity index (χ1) is 7.63. The number of aryl methyl sites for hydroxylation is 1. The van der Waals surface area contributed by atoms with Crippen LogP contribution >= 0.6 is 0 Å². The molecular formula is C10H12F3NO2S. The zero-order valence-electron chi connectivity index (χ0n) is 9.03. The van der Waals surface area contributed by atoms with E-state index in [9.17, 15) is 21.6 Å². The number of rotatable bonds is 3. The Morgan fingerprint density at radius 2 is 1.71 bits per heavy atom. The van der Waals surface area contributed by atoms with Crippen molar-refractivity contribution in [1.82, 2.24) is 0 Å². The van der Waals surface area contributed by atoms with Gasteiger partial charge in [0.1, 0.15) is 6.04 Å². The summed E-state index contributed by atoms with van der Waals surface area (Å²) in [4.78, 5) is -0.150. The summed E-state index contributed by atoms with van der Waals surface area (Å²) in [5, 5.41) is 0. The Hall–Kier alpha value is -1.08. The van der Waals surface area contributed by atoms with Crippen LogP contribution in [-0.4, -0.2) is 26.4 Å². The first-order valence-electron chi connectivity index (χ1n) is 4.74. The molecule has 0 heterocycles. The smallest absolute Gasteiger partial charge is 0.319 e. The molecule has 1 rings (SSSR count). The summed E-state index contributed by atoms with van der Waals surface area (Å²) in [6.45, 7) is 1.75. The van der Waals surface area contributed by atoms with E-state index in [0.29, 0.717) is 0 Å². The van der Waals surface area contributed by atoms with E-state index in [-0.39, 0.29) is 4.90 Å². The molecule has 0 saturated carbocycles. The highest BCUT2D eigenvalue weighted by Crippen LogP contribution is 2.22. The van der Waals surface area contributed by atoms with Gasteiger partial charge in [0.15, 0.2) is 9.84 Å². The topological polar surface area (TPSA) is 60.2 Å². The van der Waals surface area contributed by atoms with Gasteiger partial charge < -0.3 is 5.73 Å². The lowest BCUT2D eigenvalue weighted by atomic mass is 10.2. The average molecular weight is 267 g/mol. The molecular weight excluding hydrogens is 255 g/mol. The van der Waals surface area contributed by atoms with Crippen LogP contribution in [0.5, 0.6) is 0 Å². The SMILES string of the molecule is Cc1ccc(S(=O)(=O)C[C@@H](N)C(F)(F)F)cc1. The van der Waals surface area contributed by atoms with Gasteiger partial charge in [-0.05, 0) is 19.1 Å². The Labute approximate surface area is 97.4 Å². The van der Waals surface area contributed by atoms with Gasteiger partial charge in [-0.2, -0.15) is 13.2 Å². The summed E-state index contributed by atoms with van der Waals surface area (Å²) in [6, 6.07) is 3.22. The van der Waals surface area contributed by atoms with Crippen molar-refractivity contribution in [3.63, 3.8) is 0 Å². The molecule has 3 nitrogen and oxygen atoms in total. The monoisotopic (exact) mass is 267 g/mol. The Morgan fingerprint density at radius 1 is 1.24 bits per heavy atom. The second kappa shape index (κ2) is 4.66. The molecule has 96 valence electrons. The fourth-order valence-corrected chi connectivity index (χ4v) is 2.58. The highest BCUT2D eigenvalue weighted by atomic mass is 32.2. The molecule has 7 heteroatoms. The number of nitrogens with two attached hydrogens (primary N) is 1. The Bertz CT molecular complexity index is 479. The summed E-state index contributed by atoms with van der Waals surface area (Å²) in [5.41, 5.74) is 5.62. The molecule has 0 amide bonds. The molecule has 17 heavy (non-hydrogen) atoms. The quantitative estimate of drug-likeness (QED) is 0.906. The van der Waals surface area contributed by atoms with E-state index >= 15 is 0 Å². The largest absolute Gasteiger partial charge is 0.404 e. The zero-order chi connectivity index (χ0) is 13.3. The Balaban J connectivity index is 2.94. The van der Waals surface area contributed by atoms with Gasteiger partial charge in [0, 0.05) is 0 Å². The van der Waals surface area contributed by atoms with E-state index in [1.165, 1.54) is 24.3 Å². The number of hydrogen-bond acceptors (Lipinski definition) is 3. The maximum Gasteiger partial charge on any atom is 0.404 e. The highest BCUT2D eigenvalue weighted by Gasteiger charge is 2.39. The van der Waals surface area contributed by atoms with Crippen molar-refractivity contribution in [3.8, 4) is 0 Å². The third-order valence-corrected chi connectivity index (χ3v) is 3.99. The molecule has 0 saturated heterocycles. The summed E-state index contributed by atoms with van der Waals surface area (Å²) in [7, 11) is -4.00. The minimum Gasteiger partial charge on any atom is -0.319 e. The summed E-state index contributed by atoms with van der Waals surface area (Å²) < 4.78 is 59.8. The number of benzene rings is 1. The molecule has 0 radical (unpaired) electrons. The van der Waals surface area contributed by atoms with Crippen LogP contribution in [0.2, 0.25) is 0 Å². The molecule has 0 unspecified atom stereocenters. The van der Waals surface area contributed by atoms with Crippen molar-refractivity contribution in [3.05, 3.63) is 29.8 Å². The van der Waals surface area contributed by atoms with Gasteiger partial charge in [-0.1, -0.05) is 17.7 Å². The van der Waals surface area contributed by atoms with Gasteiger partial charge in [0.05, 0.1) is 10.6 Å². The van der Waals surface area contributed by atoms with Crippen molar-refractivity contribution in [2.45, 2.75) is 24.0 Å². The predicted molar refractivity (Wildman–Crippen MR) is 57.3 cm³/mol. The zero-order valence-corrected chi connectivity index (χ0v) is 9.85. The molecule has 0 aromatic heterocycles. The second-order valence-corrected chi connectivity index (χ2v) is 5.78. The lowest BCUT2D eigenvalue weighted by Crippen LogP contribution is -2.42. The van der Waals surface area contributed by atoms with Gasteiger partial charge in [-0.25, -0.2) is 8.42 Å². The van der Waals surface area contributed by atoms with Gasteiger partial charge in [0.2, 0.25) is 0 Å². The number of alkyl halides is 3. The van der Waals surface area contributed by atoms with Crippen molar-refractivity contribution < 1.29 is 21.6 Å². The minimum atomic E-state index is -4.71. The van der Waals surface area contributed by atoms with E-state index in [1.54, 1.807) is 6.92 Å². The van der Waals surface area contributed by atoms with Crippen molar-refractivity contribution >= 4 is 9.84 Å². The van der Waals surface area contributed by atoms with Crippen molar-refractivity contribution in [1.29, 1.82) is 0 Å². The van der Waals surface area contributed by atoms with Gasteiger partial charge in [-0.3, -0.25) is 0 Å². The van der Waals surface area contributed by atoms with E-state index in [1.807, 2.05) is 0 Å².